The van der Waals surface area contributed by atoms with Crippen molar-refractivity contribution in [2.75, 3.05) is 5.32 Å². The summed E-state index contributed by atoms with van der Waals surface area (Å²) in [6.07, 6.45) is 0. The largest absolute Gasteiger partial charge is 0.480 e. The van der Waals surface area contributed by atoms with Crippen molar-refractivity contribution in [3.8, 4) is 0 Å². The van der Waals surface area contributed by atoms with Gasteiger partial charge < -0.3 is 10.4 Å². The van der Waals surface area contributed by atoms with Crippen LogP contribution in [0.3, 0.4) is 0 Å². The van der Waals surface area contributed by atoms with Crippen molar-refractivity contribution in [2.24, 2.45) is 5.92 Å². The van der Waals surface area contributed by atoms with Crippen LogP contribution < -0.4 is 5.32 Å². The Balaban J connectivity index is 3.03. The van der Waals surface area contributed by atoms with Gasteiger partial charge in [-0.2, -0.15) is 0 Å². The second-order valence-electron chi connectivity index (χ2n) is 4.49. The molecule has 0 radical (unpaired) electrons. The van der Waals surface area contributed by atoms with Gasteiger partial charge >= 0.3 is 5.97 Å². The minimum absolute atomic E-state index is 0.161. The Kier molecular flexibility index (Phi) is 4.42. The molecule has 0 aliphatic heterocycles. The molecule has 0 amide bonds. The number of carbonyl (C=O) groups is 2. The minimum atomic E-state index is -1.02. The normalized spacial score (nSPS) is 12.3. The maximum Gasteiger partial charge on any atom is 0.326 e. The van der Waals surface area contributed by atoms with Crippen LogP contribution in [0.15, 0.2) is 18.2 Å². The molecule has 98 valence electrons. The van der Waals surface area contributed by atoms with Crippen LogP contribution in [0.2, 0.25) is 0 Å². The van der Waals surface area contributed by atoms with E-state index in [2.05, 4.69) is 5.32 Å². The molecular formula is C13H16FNO3. The number of carbonyl (C=O) groups excluding carboxylic acids is 1. The third kappa shape index (κ3) is 3.55. The highest BCUT2D eigenvalue weighted by molar-refractivity contribution is 5.95. The van der Waals surface area contributed by atoms with Crippen molar-refractivity contribution in [2.45, 2.75) is 26.8 Å². The Morgan fingerprint density at radius 1 is 1.28 bits per heavy atom. The fourth-order valence-electron chi connectivity index (χ4n) is 1.57. The summed E-state index contributed by atoms with van der Waals surface area (Å²) in [5.41, 5.74) is 0.506. The summed E-state index contributed by atoms with van der Waals surface area (Å²) in [5, 5.41) is 11.8. The lowest BCUT2D eigenvalue weighted by molar-refractivity contribution is -0.138. The Hall–Kier alpha value is -1.91. The Morgan fingerprint density at radius 2 is 1.89 bits per heavy atom. The van der Waals surface area contributed by atoms with Crippen LogP contribution in [0.4, 0.5) is 10.1 Å². The molecule has 1 rings (SSSR count). The SMILES string of the molecule is CC(=O)c1cc(F)cc(NC(C(=O)O)C(C)C)c1. The molecule has 0 saturated carbocycles. The average Bonchev–Trinajstić information content (AvgIpc) is 2.24. The number of hydrogen-bond acceptors (Lipinski definition) is 3. The summed E-state index contributed by atoms with van der Waals surface area (Å²) >= 11 is 0. The van der Waals surface area contributed by atoms with E-state index in [1.807, 2.05) is 0 Å². The van der Waals surface area contributed by atoms with Crippen LogP contribution in [0.5, 0.6) is 0 Å². The molecular weight excluding hydrogens is 237 g/mol. The number of hydrogen-bond donors (Lipinski definition) is 2. The predicted molar refractivity (Wildman–Crippen MR) is 66.3 cm³/mol. The molecule has 4 nitrogen and oxygen atoms in total. The fraction of sp³-hybridized carbons (Fsp3) is 0.385. The van der Waals surface area contributed by atoms with Gasteiger partial charge in [-0.15, -0.1) is 0 Å². The van der Waals surface area contributed by atoms with E-state index in [-0.39, 0.29) is 17.3 Å². The van der Waals surface area contributed by atoms with Gasteiger partial charge in [-0.3, -0.25) is 4.79 Å². The molecule has 0 spiro atoms. The quantitative estimate of drug-likeness (QED) is 0.791. The van der Waals surface area contributed by atoms with Crippen molar-refractivity contribution in [3.05, 3.63) is 29.6 Å². The molecule has 0 bridgehead atoms. The molecule has 2 N–H and O–H groups in total. The highest BCUT2D eigenvalue weighted by atomic mass is 19.1. The van der Waals surface area contributed by atoms with E-state index in [0.717, 1.165) is 6.07 Å². The van der Waals surface area contributed by atoms with Crippen molar-refractivity contribution in [1.29, 1.82) is 0 Å². The van der Waals surface area contributed by atoms with Gasteiger partial charge in [0.2, 0.25) is 0 Å². The van der Waals surface area contributed by atoms with Crippen LogP contribution >= 0.6 is 0 Å². The molecule has 18 heavy (non-hydrogen) atoms. The van der Waals surface area contributed by atoms with E-state index in [9.17, 15) is 14.0 Å². The highest BCUT2D eigenvalue weighted by Gasteiger charge is 2.21. The van der Waals surface area contributed by atoms with Crippen molar-refractivity contribution in [3.63, 3.8) is 0 Å². The standard InChI is InChI=1S/C13H16FNO3/c1-7(2)12(13(17)18)15-11-5-9(8(3)16)4-10(14)6-11/h4-7,12,15H,1-3H3,(H,17,18). The number of ketones is 1. The number of nitrogens with one attached hydrogen (secondary N) is 1. The lowest BCUT2D eigenvalue weighted by Gasteiger charge is -2.19. The first-order valence-corrected chi connectivity index (χ1v) is 5.62. The number of aliphatic carboxylic acids is 1. The van der Waals surface area contributed by atoms with E-state index in [4.69, 9.17) is 5.11 Å². The maximum absolute atomic E-state index is 13.3. The van der Waals surface area contributed by atoms with Gasteiger partial charge in [-0.05, 0) is 31.0 Å². The van der Waals surface area contributed by atoms with Gasteiger partial charge in [-0.1, -0.05) is 13.8 Å². The Morgan fingerprint density at radius 3 is 2.33 bits per heavy atom. The third-order valence-corrected chi connectivity index (χ3v) is 2.56. The summed E-state index contributed by atoms with van der Waals surface area (Å²) < 4.78 is 13.3. The number of rotatable bonds is 5. The number of carboxylic acids is 1. The summed E-state index contributed by atoms with van der Waals surface area (Å²) in [6.45, 7) is 4.82. The first-order valence-electron chi connectivity index (χ1n) is 5.62. The van der Waals surface area contributed by atoms with Crippen LogP contribution in [0.1, 0.15) is 31.1 Å². The molecule has 5 heteroatoms. The van der Waals surface area contributed by atoms with E-state index < -0.39 is 17.8 Å². The summed E-state index contributed by atoms with van der Waals surface area (Å²) in [5.74, 6) is -2.02. The number of halogens is 1. The summed E-state index contributed by atoms with van der Waals surface area (Å²) in [4.78, 5) is 22.2. The molecule has 1 aromatic rings. The number of Topliss-reactive ketones (excluding diaryl/α,β-unsaturated/α-hetero) is 1. The number of carboxylic acid groups (broad SMARTS) is 1. The Bertz CT molecular complexity index is 471. The van der Waals surface area contributed by atoms with E-state index in [1.165, 1.54) is 19.1 Å². The molecule has 1 atom stereocenters. The highest BCUT2D eigenvalue weighted by Crippen LogP contribution is 2.17. The summed E-state index contributed by atoms with van der Waals surface area (Å²) in [7, 11) is 0. The van der Waals surface area contributed by atoms with E-state index in [1.54, 1.807) is 13.8 Å². The maximum atomic E-state index is 13.3. The van der Waals surface area contributed by atoms with Gasteiger partial charge in [0.1, 0.15) is 11.9 Å². The van der Waals surface area contributed by atoms with Crippen LogP contribution in [-0.4, -0.2) is 22.9 Å². The zero-order valence-electron chi connectivity index (χ0n) is 10.5. The molecule has 0 aliphatic rings. The van der Waals surface area contributed by atoms with E-state index >= 15 is 0 Å². The smallest absolute Gasteiger partial charge is 0.326 e. The molecule has 0 fully saturated rings. The molecule has 0 aromatic heterocycles. The van der Waals surface area contributed by atoms with Gasteiger partial charge in [0.15, 0.2) is 5.78 Å². The average molecular weight is 253 g/mol. The van der Waals surface area contributed by atoms with Crippen LogP contribution in [0.25, 0.3) is 0 Å². The van der Waals surface area contributed by atoms with Crippen molar-refractivity contribution in [1.82, 2.24) is 0 Å². The minimum Gasteiger partial charge on any atom is -0.480 e. The van der Waals surface area contributed by atoms with Crippen LogP contribution in [-0.2, 0) is 4.79 Å². The van der Waals surface area contributed by atoms with Gasteiger partial charge in [0.05, 0.1) is 0 Å². The monoisotopic (exact) mass is 253 g/mol. The zero-order valence-corrected chi connectivity index (χ0v) is 10.5. The molecule has 0 heterocycles. The second-order valence-corrected chi connectivity index (χ2v) is 4.49. The molecule has 1 unspecified atom stereocenters. The first kappa shape index (κ1) is 14.2. The van der Waals surface area contributed by atoms with Crippen molar-refractivity contribution < 1.29 is 19.1 Å². The van der Waals surface area contributed by atoms with Crippen LogP contribution in [0, 0.1) is 11.7 Å². The lowest BCUT2D eigenvalue weighted by atomic mass is 10.0. The second kappa shape index (κ2) is 5.62. The topological polar surface area (TPSA) is 66.4 Å². The first-order chi connectivity index (χ1) is 8.31. The predicted octanol–water partition coefficient (Wildman–Crippen LogP) is 2.55. The Labute approximate surface area is 105 Å². The zero-order chi connectivity index (χ0) is 13.9. The van der Waals surface area contributed by atoms with Gasteiger partial charge in [0.25, 0.3) is 0 Å². The third-order valence-electron chi connectivity index (χ3n) is 2.56. The van der Waals surface area contributed by atoms with Gasteiger partial charge in [-0.25, -0.2) is 9.18 Å². The molecule has 0 aliphatic carbocycles. The number of benzene rings is 1. The van der Waals surface area contributed by atoms with Crippen molar-refractivity contribution >= 4 is 17.4 Å². The molecule has 1 aromatic carbocycles. The fourth-order valence-corrected chi connectivity index (χ4v) is 1.57. The molecule has 0 saturated heterocycles. The lowest BCUT2D eigenvalue weighted by Crippen LogP contribution is -2.34. The van der Waals surface area contributed by atoms with E-state index in [0.29, 0.717) is 5.69 Å². The number of anilines is 1. The van der Waals surface area contributed by atoms with Gasteiger partial charge in [0, 0.05) is 11.3 Å². The summed E-state index contributed by atoms with van der Waals surface area (Å²) in [6, 6.07) is 2.92.